The van der Waals surface area contributed by atoms with Crippen LogP contribution in [0.25, 0.3) is 5.82 Å². The molecule has 0 saturated heterocycles. The maximum atomic E-state index is 10.5. The Morgan fingerprint density at radius 1 is 0.846 bits per heavy atom. The highest BCUT2D eigenvalue weighted by Crippen LogP contribution is 2.48. The summed E-state index contributed by atoms with van der Waals surface area (Å²) in [5.74, 6) is 2.85. The molecule has 0 saturated carbocycles. The van der Waals surface area contributed by atoms with Crippen LogP contribution in [0.5, 0.6) is 5.75 Å². The second-order valence-electron chi connectivity index (χ2n) is 9.67. The van der Waals surface area contributed by atoms with Gasteiger partial charge in [0, 0.05) is 17.4 Å². The Balaban J connectivity index is 1.51. The van der Waals surface area contributed by atoms with Gasteiger partial charge in [-0.3, -0.25) is 0 Å². The SMILES string of the molecule is Cc1cccc(NC2=Nc3ccccc3N3C2=Nc2c(c(C)nn2-c2ccccn2)[C@@H]3c2cccc(O)c2)c1. The molecule has 0 bridgehead atoms. The van der Waals surface area contributed by atoms with Gasteiger partial charge in [-0.2, -0.15) is 9.78 Å². The minimum absolute atomic E-state index is 0.199. The highest BCUT2D eigenvalue weighted by molar-refractivity contribution is 6.51. The van der Waals surface area contributed by atoms with E-state index in [1.165, 1.54) is 0 Å². The number of hydrogen-bond donors (Lipinski definition) is 2. The van der Waals surface area contributed by atoms with E-state index in [2.05, 4.69) is 40.3 Å². The number of benzene rings is 3. The summed E-state index contributed by atoms with van der Waals surface area (Å²) < 4.78 is 1.79. The van der Waals surface area contributed by atoms with Gasteiger partial charge >= 0.3 is 0 Å². The first kappa shape index (κ1) is 22.9. The molecular weight excluding hydrogens is 486 g/mol. The summed E-state index contributed by atoms with van der Waals surface area (Å²) >= 11 is 0. The number of aromatic hydroxyl groups is 1. The van der Waals surface area contributed by atoms with Crippen LogP contribution in [0.4, 0.5) is 22.9 Å². The fourth-order valence-corrected chi connectivity index (χ4v) is 5.31. The van der Waals surface area contributed by atoms with Gasteiger partial charge in [0.25, 0.3) is 0 Å². The number of aliphatic imine (C=N–C) groups is 2. The Kier molecular flexibility index (Phi) is 5.26. The van der Waals surface area contributed by atoms with Crippen LogP contribution in [0.2, 0.25) is 0 Å². The first-order chi connectivity index (χ1) is 19.1. The molecule has 2 N–H and O–H groups in total. The van der Waals surface area contributed by atoms with Crippen LogP contribution in [0, 0.1) is 13.8 Å². The molecule has 3 aromatic carbocycles. The summed E-state index contributed by atoms with van der Waals surface area (Å²) in [6.45, 7) is 4.05. The Hall–Kier alpha value is -5.24. The van der Waals surface area contributed by atoms with Crippen LogP contribution in [0.3, 0.4) is 0 Å². The van der Waals surface area contributed by atoms with E-state index in [-0.39, 0.29) is 11.8 Å². The standard InChI is InChI=1S/C31H25N7O/c1-19-9-7-11-22(17-19)33-29-31-35-30-27(20(2)36-38(30)26-15-5-6-16-32-26)28(21-10-8-12-23(39)18-21)37(31)25-14-4-3-13-24(25)34-29/h3-18,28,39H,1-2H3,(H,33,34)/t28-/m0/s1. The maximum Gasteiger partial charge on any atom is 0.179 e. The number of pyridine rings is 1. The second-order valence-corrected chi connectivity index (χ2v) is 9.67. The van der Waals surface area contributed by atoms with Crippen molar-refractivity contribution in [3.8, 4) is 11.6 Å². The zero-order valence-corrected chi connectivity index (χ0v) is 21.4. The quantitative estimate of drug-likeness (QED) is 0.293. The summed E-state index contributed by atoms with van der Waals surface area (Å²) in [5, 5.41) is 18.9. The number of phenols is 1. The number of aromatic nitrogens is 3. The normalized spacial score (nSPS) is 15.5. The summed E-state index contributed by atoms with van der Waals surface area (Å²) in [7, 11) is 0. The van der Waals surface area contributed by atoms with Gasteiger partial charge in [-0.1, -0.05) is 42.5 Å². The molecule has 1 atom stereocenters. The average Bonchev–Trinajstić information content (AvgIpc) is 3.28. The topological polar surface area (TPSA) is 90.9 Å². The molecule has 5 aromatic rings. The first-order valence-electron chi connectivity index (χ1n) is 12.8. The Morgan fingerprint density at radius 2 is 1.69 bits per heavy atom. The number of para-hydroxylation sites is 2. The molecule has 0 aliphatic carbocycles. The number of nitrogens with one attached hydrogen (secondary N) is 1. The summed E-state index contributed by atoms with van der Waals surface area (Å²) in [4.78, 5) is 17.0. The number of fused-ring (bicyclic) bond motifs is 4. The van der Waals surface area contributed by atoms with Crippen molar-refractivity contribution in [3.05, 3.63) is 120 Å². The first-order valence-corrected chi connectivity index (χ1v) is 12.8. The van der Waals surface area contributed by atoms with E-state index in [1.54, 1.807) is 23.0 Å². The lowest BCUT2D eigenvalue weighted by Gasteiger charge is -2.40. The van der Waals surface area contributed by atoms with E-state index in [4.69, 9.17) is 15.1 Å². The molecule has 7 rings (SSSR count). The molecule has 2 aliphatic heterocycles. The zero-order chi connectivity index (χ0) is 26.5. The van der Waals surface area contributed by atoms with E-state index in [0.29, 0.717) is 23.3 Å². The molecule has 2 aliphatic rings. The molecule has 0 radical (unpaired) electrons. The zero-order valence-electron chi connectivity index (χ0n) is 21.4. The summed E-state index contributed by atoms with van der Waals surface area (Å²) in [5.41, 5.74) is 6.51. The summed E-state index contributed by atoms with van der Waals surface area (Å²) in [6.07, 6.45) is 1.75. The molecule has 8 heteroatoms. The van der Waals surface area contributed by atoms with E-state index in [0.717, 1.165) is 39.4 Å². The highest BCUT2D eigenvalue weighted by Gasteiger charge is 2.41. The molecule has 0 spiro atoms. The number of aryl methyl sites for hydroxylation is 2. The maximum absolute atomic E-state index is 10.5. The van der Waals surface area contributed by atoms with Gasteiger partial charge in [-0.25, -0.2) is 15.0 Å². The Bertz CT molecular complexity index is 1790. The number of anilines is 2. The lowest BCUT2D eigenvalue weighted by atomic mass is 9.93. The number of amidine groups is 2. The predicted molar refractivity (Wildman–Crippen MR) is 154 cm³/mol. The highest BCUT2D eigenvalue weighted by atomic mass is 16.3. The van der Waals surface area contributed by atoms with E-state index >= 15 is 0 Å². The molecule has 8 nitrogen and oxygen atoms in total. The monoisotopic (exact) mass is 511 g/mol. The lowest BCUT2D eigenvalue weighted by Crippen LogP contribution is -2.46. The molecular formula is C31H25N7O. The smallest absolute Gasteiger partial charge is 0.179 e. The van der Waals surface area contributed by atoms with Gasteiger partial charge in [0.15, 0.2) is 23.3 Å². The third-order valence-electron chi connectivity index (χ3n) is 6.97. The molecule has 0 unspecified atom stereocenters. The van der Waals surface area contributed by atoms with Gasteiger partial charge < -0.3 is 15.3 Å². The van der Waals surface area contributed by atoms with Crippen LogP contribution in [0.1, 0.15) is 28.4 Å². The number of nitrogens with zero attached hydrogens (tertiary/aromatic N) is 6. The summed E-state index contributed by atoms with van der Waals surface area (Å²) in [6, 6.07) is 29.0. The molecule has 39 heavy (non-hydrogen) atoms. The van der Waals surface area contributed by atoms with Crippen LogP contribution in [-0.2, 0) is 0 Å². The average molecular weight is 512 g/mol. The number of hydrogen-bond acceptors (Lipinski definition) is 7. The molecule has 2 aromatic heterocycles. The van der Waals surface area contributed by atoms with Crippen molar-refractivity contribution in [2.45, 2.75) is 19.9 Å². The predicted octanol–water partition coefficient (Wildman–Crippen LogP) is 6.39. The number of phenolic OH excluding ortho intramolecular Hbond substituents is 1. The fraction of sp³-hybridized carbons (Fsp3) is 0.0968. The van der Waals surface area contributed by atoms with E-state index in [1.807, 2.05) is 67.6 Å². The van der Waals surface area contributed by atoms with Crippen LogP contribution < -0.4 is 10.2 Å². The second kappa shape index (κ2) is 8.95. The Labute approximate surface area is 225 Å². The van der Waals surface area contributed by atoms with Crippen LogP contribution in [0.15, 0.2) is 107 Å². The van der Waals surface area contributed by atoms with Gasteiger partial charge in [0.2, 0.25) is 0 Å². The third-order valence-corrected chi connectivity index (χ3v) is 6.97. The minimum atomic E-state index is -0.317. The van der Waals surface area contributed by atoms with Crippen molar-refractivity contribution in [2.24, 2.45) is 9.98 Å². The van der Waals surface area contributed by atoms with Gasteiger partial charge in [-0.15, -0.1) is 0 Å². The van der Waals surface area contributed by atoms with Crippen LogP contribution >= 0.6 is 0 Å². The fourth-order valence-electron chi connectivity index (χ4n) is 5.31. The molecule has 0 fully saturated rings. The van der Waals surface area contributed by atoms with E-state index < -0.39 is 0 Å². The van der Waals surface area contributed by atoms with Crippen molar-refractivity contribution >= 4 is 34.6 Å². The molecule has 4 heterocycles. The van der Waals surface area contributed by atoms with Crippen molar-refractivity contribution in [2.75, 3.05) is 10.2 Å². The van der Waals surface area contributed by atoms with Gasteiger partial charge in [0.1, 0.15) is 5.75 Å². The van der Waals surface area contributed by atoms with Crippen molar-refractivity contribution in [1.29, 1.82) is 0 Å². The van der Waals surface area contributed by atoms with Gasteiger partial charge in [0.05, 0.1) is 23.1 Å². The van der Waals surface area contributed by atoms with Crippen molar-refractivity contribution < 1.29 is 5.11 Å². The van der Waals surface area contributed by atoms with Crippen LogP contribution in [-0.4, -0.2) is 31.5 Å². The molecule has 0 amide bonds. The minimum Gasteiger partial charge on any atom is -0.508 e. The Morgan fingerprint density at radius 3 is 2.51 bits per heavy atom. The van der Waals surface area contributed by atoms with Crippen molar-refractivity contribution in [1.82, 2.24) is 14.8 Å². The largest absolute Gasteiger partial charge is 0.508 e. The van der Waals surface area contributed by atoms with Crippen molar-refractivity contribution in [3.63, 3.8) is 0 Å². The van der Waals surface area contributed by atoms with Gasteiger partial charge in [-0.05, 0) is 73.5 Å². The van der Waals surface area contributed by atoms with E-state index in [9.17, 15) is 5.11 Å². The molecule has 190 valence electrons. The lowest BCUT2D eigenvalue weighted by molar-refractivity contribution is 0.474. The number of rotatable bonds is 3. The third kappa shape index (κ3) is 3.85.